The molecule has 1 aliphatic rings. The van der Waals surface area contributed by atoms with Crippen molar-refractivity contribution in [3.8, 4) is 0 Å². The Morgan fingerprint density at radius 2 is 1.88 bits per heavy atom. The van der Waals surface area contributed by atoms with Gasteiger partial charge < -0.3 is 4.74 Å². The van der Waals surface area contributed by atoms with Gasteiger partial charge in [-0.15, -0.1) is 0 Å². The summed E-state index contributed by atoms with van der Waals surface area (Å²) < 4.78 is 4.99. The fraction of sp³-hybridized carbons (Fsp3) is 0.692. The Morgan fingerprint density at radius 3 is 2.31 bits per heavy atom. The van der Waals surface area contributed by atoms with E-state index in [2.05, 4.69) is 0 Å². The first-order valence-electron chi connectivity index (χ1n) is 5.62. The zero-order chi connectivity index (χ0) is 12.3. The van der Waals surface area contributed by atoms with Crippen LogP contribution >= 0.6 is 0 Å². The highest BCUT2D eigenvalue weighted by Gasteiger charge is 2.38. The van der Waals surface area contributed by atoms with E-state index in [9.17, 15) is 9.59 Å². The smallest absolute Gasteiger partial charge is 0.144 e. The predicted molar refractivity (Wildman–Crippen MR) is 61.9 cm³/mol. The van der Waals surface area contributed by atoms with Crippen molar-refractivity contribution >= 4 is 11.6 Å². The lowest BCUT2D eigenvalue weighted by Gasteiger charge is -2.31. The number of carbonyl (C=O) groups is 2. The molecule has 0 N–H and O–H groups in total. The van der Waals surface area contributed by atoms with Crippen molar-refractivity contribution in [3.05, 3.63) is 11.8 Å². The second kappa shape index (κ2) is 4.81. The van der Waals surface area contributed by atoms with Gasteiger partial charge in [0, 0.05) is 12.8 Å². The van der Waals surface area contributed by atoms with Gasteiger partial charge in [0.25, 0.3) is 0 Å². The SMILES string of the molecule is CO/C(C)=C\CC1C(=O)CC(C)(C)CC1=O. The summed E-state index contributed by atoms with van der Waals surface area (Å²) >= 11 is 0. The molecule has 16 heavy (non-hydrogen) atoms. The molecule has 0 aromatic heterocycles. The molecule has 0 radical (unpaired) electrons. The van der Waals surface area contributed by atoms with Crippen LogP contribution in [-0.2, 0) is 14.3 Å². The van der Waals surface area contributed by atoms with Gasteiger partial charge in [-0.3, -0.25) is 9.59 Å². The summed E-state index contributed by atoms with van der Waals surface area (Å²) in [5.74, 6) is 0.450. The number of hydrogen-bond donors (Lipinski definition) is 0. The molecule has 0 aromatic carbocycles. The van der Waals surface area contributed by atoms with E-state index >= 15 is 0 Å². The zero-order valence-electron chi connectivity index (χ0n) is 10.5. The number of rotatable bonds is 3. The predicted octanol–water partition coefficient (Wildman–Crippen LogP) is 2.50. The van der Waals surface area contributed by atoms with Crippen molar-refractivity contribution < 1.29 is 14.3 Å². The summed E-state index contributed by atoms with van der Waals surface area (Å²) in [4.78, 5) is 23.7. The number of methoxy groups -OCH3 is 1. The molecule has 0 bridgehead atoms. The van der Waals surface area contributed by atoms with E-state index < -0.39 is 5.92 Å². The molecular formula is C13H20O3. The molecule has 0 saturated heterocycles. The number of hydrogen-bond acceptors (Lipinski definition) is 3. The van der Waals surface area contributed by atoms with Crippen LogP contribution in [0.4, 0.5) is 0 Å². The van der Waals surface area contributed by atoms with Crippen LogP contribution in [0, 0.1) is 11.3 Å². The van der Waals surface area contributed by atoms with Crippen molar-refractivity contribution in [3.63, 3.8) is 0 Å². The Hall–Kier alpha value is -1.12. The van der Waals surface area contributed by atoms with E-state index in [1.54, 1.807) is 7.11 Å². The van der Waals surface area contributed by atoms with Crippen molar-refractivity contribution in [2.75, 3.05) is 7.11 Å². The van der Waals surface area contributed by atoms with Gasteiger partial charge in [0.2, 0.25) is 0 Å². The lowest BCUT2D eigenvalue weighted by molar-refractivity contribution is -0.139. The first-order chi connectivity index (χ1) is 7.35. The Bertz CT molecular complexity index is 306. The molecule has 0 spiro atoms. The van der Waals surface area contributed by atoms with Crippen LogP contribution < -0.4 is 0 Å². The van der Waals surface area contributed by atoms with Crippen LogP contribution in [0.1, 0.15) is 40.0 Å². The molecule has 90 valence electrons. The Labute approximate surface area is 96.9 Å². The first kappa shape index (κ1) is 12.9. The van der Waals surface area contributed by atoms with Gasteiger partial charge in [0.15, 0.2) is 0 Å². The maximum Gasteiger partial charge on any atom is 0.144 e. The largest absolute Gasteiger partial charge is 0.502 e. The quantitative estimate of drug-likeness (QED) is 0.546. The third-order valence-electron chi connectivity index (χ3n) is 3.05. The monoisotopic (exact) mass is 224 g/mol. The standard InChI is InChI=1S/C13H20O3/c1-9(16-4)5-6-10-11(14)7-13(2,3)8-12(10)15/h5,10H,6-8H2,1-4H3/b9-5-. The number of ether oxygens (including phenoxy) is 1. The van der Waals surface area contributed by atoms with Gasteiger partial charge in [-0.05, 0) is 24.8 Å². The van der Waals surface area contributed by atoms with Crippen molar-refractivity contribution in [2.24, 2.45) is 11.3 Å². The Kier molecular flexibility index (Phi) is 3.89. The van der Waals surface area contributed by atoms with Crippen LogP contribution in [-0.4, -0.2) is 18.7 Å². The van der Waals surface area contributed by atoms with E-state index in [0.717, 1.165) is 5.76 Å². The molecule has 0 aromatic rings. The summed E-state index contributed by atoms with van der Waals surface area (Å²) in [5, 5.41) is 0. The topological polar surface area (TPSA) is 43.4 Å². The summed E-state index contributed by atoms with van der Waals surface area (Å²) in [6.07, 6.45) is 3.30. The van der Waals surface area contributed by atoms with Crippen LogP contribution in [0.15, 0.2) is 11.8 Å². The lowest BCUT2D eigenvalue weighted by Crippen LogP contribution is -2.37. The van der Waals surface area contributed by atoms with Crippen molar-refractivity contribution in [1.82, 2.24) is 0 Å². The molecular weight excluding hydrogens is 204 g/mol. The number of allylic oxidation sites excluding steroid dienone is 2. The third kappa shape index (κ3) is 3.19. The molecule has 1 aliphatic carbocycles. The van der Waals surface area contributed by atoms with Crippen LogP contribution in [0.3, 0.4) is 0 Å². The minimum atomic E-state index is -0.446. The third-order valence-corrected chi connectivity index (χ3v) is 3.05. The zero-order valence-corrected chi connectivity index (χ0v) is 10.5. The van der Waals surface area contributed by atoms with E-state index in [-0.39, 0.29) is 17.0 Å². The fourth-order valence-corrected chi connectivity index (χ4v) is 2.06. The Morgan fingerprint density at radius 1 is 1.38 bits per heavy atom. The lowest BCUT2D eigenvalue weighted by atomic mass is 9.71. The van der Waals surface area contributed by atoms with Gasteiger partial charge in [-0.1, -0.05) is 13.8 Å². The number of ketones is 2. The summed E-state index contributed by atoms with van der Waals surface area (Å²) in [6.45, 7) is 5.76. The highest BCUT2D eigenvalue weighted by Crippen LogP contribution is 2.35. The average Bonchev–Trinajstić information content (AvgIpc) is 2.14. The number of Topliss-reactive ketones (excluding diaryl/α,β-unsaturated/α-hetero) is 2. The molecule has 1 rings (SSSR count). The summed E-state index contributed by atoms with van der Waals surface area (Å²) in [6, 6.07) is 0. The molecule has 1 saturated carbocycles. The van der Waals surface area contributed by atoms with E-state index in [1.165, 1.54) is 0 Å². The van der Waals surface area contributed by atoms with E-state index in [4.69, 9.17) is 4.74 Å². The van der Waals surface area contributed by atoms with Gasteiger partial charge in [-0.25, -0.2) is 0 Å². The fourth-order valence-electron chi connectivity index (χ4n) is 2.06. The average molecular weight is 224 g/mol. The molecule has 0 aliphatic heterocycles. The van der Waals surface area contributed by atoms with Crippen molar-refractivity contribution in [2.45, 2.75) is 40.0 Å². The van der Waals surface area contributed by atoms with E-state index in [1.807, 2.05) is 26.8 Å². The normalized spacial score (nSPS) is 22.4. The summed E-state index contributed by atoms with van der Waals surface area (Å²) in [5.41, 5.74) is -0.162. The van der Waals surface area contributed by atoms with Crippen LogP contribution in [0.25, 0.3) is 0 Å². The first-order valence-corrected chi connectivity index (χ1v) is 5.62. The van der Waals surface area contributed by atoms with Crippen LogP contribution in [0.5, 0.6) is 0 Å². The Balaban J connectivity index is 2.69. The second-order valence-electron chi connectivity index (χ2n) is 5.26. The van der Waals surface area contributed by atoms with Gasteiger partial charge in [0.05, 0.1) is 18.8 Å². The molecule has 3 heteroatoms. The van der Waals surface area contributed by atoms with E-state index in [0.29, 0.717) is 19.3 Å². The molecule has 1 fully saturated rings. The number of carbonyl (C=O) groups excluding carboxylic acids is 2. The maximum atomic E-state index is 11.8. The maximum absolute atomic E-state index is 11.8. The molecule has 3 nitrogen and oxygen atoms in total. The van der Waals surface area contributed by atoms with Gasteiger partial charge in [-0.2, -0.15) is 0 Å². The summed E-state index contributed by atoms with van der Waals surface area (Å²) in [7, 11) is 1.58. The second-order valence-corrected chi connectivity index (χ2v) is 5.26. The van der Waals surface area contributed by atoms with Crippen molar-refractivity contribution in [1.29, 1.82) is 0 Å². The highest BCUT2D eigenvalue weighted by atomic mass is 16.5. The molecule has 0 unspecified atom stereocenters. The molecule has 0 atom stereocenters. The molecule has 0 amide bonds. The van der Waals surface area contributed by atoms with Crippen LogP contribution in [0.2, 0.25) is 0 Å². The van der Waals surface area contributed by atoms with Gasteiger partial charge in [0.1, 0.15) is 11.6 Å². The van der Waals surface area contributed by atoms with Gasteiger partial charge >= 0.3 is 0 Å². The highest BCUT2D eigenvalue weighted by molar-refractivity contribution is 6.05. The molecule has 0 heterocycles. The minimum absolute atomic E-state index is 0.0707. The minimum Gasteiger partial charge on any atom is -0.502 e.